The Bertz CT molecular complexity index is 684. The summed E-state index contributed by atoms with van der Waals surface area (Å²) in [5.74, 6) is -0.252. The van der Waals surface area contributed by atoms with Crippen molar-refractivity contribution in [2.75, 3.05) is 13.2 Å². The Labute approximate surface area is 156 Å². The third-order valence-corrected chi connectivity index (χ3v) is 6.36. The van der Waals surface area contributed by atoms with Crippen LogP contribution in [0.5, 0.6) is 0 Å². The molecule has 0 N–H and O–H groups in total. The summed E-state index contributed by atoms with van der Waals surface area (Å²) in [7, 11) is 0. The van der Waals surface area contributed by atoms with Crippen LogP contribution in [0.25, 0.3) is 0 Å². The van der Waals surface area contributed by atoms with Crippen molar-refractivity contribution < 1.29 is 37.2 Å². The van der Waals surface area contributed by atoms with Crippen LogP contribution in [0, 0.1) is 30.1 Å². The fourth-order valence-corrected chi connectivity index (χ4v) is 5.12. The molecule has 0 aromatic rings. The molecule has 4 heterocycles. The number of hydrogen-bond donors (Lipinski definition) is 0. The van der Waals surface area contributed by atoms with E-state index in [1.165, 1.54) is 0 Å². The lowest BCUT2D eigenvalue weighted by Gasteiger charge is -2.57. The summed E-state index contributed by atoms with van der Waals surface area (Å²) in [6, 6.07) is 0. The van der Waals surface area contributed by atoms with Gasteiger partial charge in [0.25, 0.3) is 0 Å². The van der Waals surface area contributed by atoms with Crippen molar-refractivity contribution in [1.82, 2.24) is 0 Å². The average molecular weight is 388 g/mol. The molecule has 1 aliphatic carbocycles. The second-order valence-electron chi connectivity index (χ2n) is 8.02. The summed E-state index contributed by atoms with van der Waals surface area (Å²) in [5, 5.41) is 0. The van der Waals surface area contributed by atoms with Gasteiger partial charge in [-0.3, -0.25) is 0 Å². The average Bonchev–Trinajstić information content (AvgIpc) is 2.83. The molecular weight excluding hydrogens is 365 g/mol. The van der Waals surface area contributed by atoms with Crippen LogP contribution in [0.2, 0.25) is 0 Å². The summed E-state index contributed by atoms with van der Waals surface area (Å²) < 4.78 is 58.0. The zero-order valence-corrected chi connectivity index (χ0v) is 15.3. The van der Waals surface area contributed by atoms with Crippen LogP contribution >= 0.6 is 0 Å². The Morgan fingerprint density at radius 2 is 2.04 bits per heavy atom. The summed E-state index contributed by atoms with van der Waals surface area (Å²) in [4.78, 5) is 11.4. The van der Waals surface area contributed by atoms with Crippen LogP contribution in [0.15, 0.2) is 11.3 Å². The van der Waals surface area contributed by atoms with E-state index in [4.69, 9.17) is 30.4 Å². The van der Waals surface area contributed by atoms with Gasteiger partial charge in [0.2, 0.25) is 17.8 Å². The van der Waals surface area contributed by atoms with Crippen molar-refractivity contribution in [1.29, 1.82) is 0 Å². The standard InChI is InChI=1S/C19H23F3O5/c1-4-9-23-10-12-14-6-5-11(2)13-7-8-17(3)25-16(18(13,14)27-26-17)24-15(12)19(20,21)22/h1,11,13-14,16H,5-10H2,2-3H3/t11-,13?,14+,16-,17+,18-/m1/s1. The first-order chi connectivity index (χ1) is 12.7. The quantitative estimate of drug-likeness (QED) is 0.419. The number of rotatable bonds is 3. The predicted molar refractivity (Wildman–Crippen MR) is 86.6 cm³/mol. The minimum absolute atomic E-state index is 0.0311. The van der Waals surface area contributed by atoms with Gasteiger partial charge in [-0.15, -0.1) is 6.42 Å². The van der Waals surface area contributed by atoms with E-state index < -0.39 is 35.5 Å². The van der Waals surface area contributed by atoms with Crippen molar-refractivity contribution in [3.05, 3.63) is 11.3 Å². The van der Waals surface area contributed by atoms with Crippen LogP contribution in [0.4, 0.5) is 13.2 Å². The van der Waals surface area contributed by atoms with Crippen molar-refractivity contribution >= 4 is 0 Å². The molecule has 0 radical (unpaired) electrons. The number of halogens is 3. The molecular formula is C19H23F3O5. The molecule has 27 heavy (non-hydrogen) atoms. The van der Waals surface area contributed by atoms with Gasteiger partial charge in [0.05, 0.1) is 6.61 Å². The molecule has 150 valence electrons. The van der Waals surface area contributed by atoms with Gasteiger partial charge in [0.15, 0.2) is 5.60 Å². The number of hydrogen-bond acceptors (Lipinski definition) is 5. The van der Waals surface area contributed by atoms with Crippen molar-refractivity contribution in [3.63, 3.8) is 0 Å². The monoisotopic (exact) mass is 388 g/mol. The molecule has 1 spiro atoms. The number of terminal acetylenes is 1. The Hall–Kier alpha value is -1.27. The van der Waals surface area contributed by atoms with E-state index in [1.54, 1.807) is 6.92 Å². The molecule has 5 rings (SSSR count). The van der Waals surface area contributed by atoms with Crippen LogP contribution in [0.1, 0.15) is 39.5 Å². The third-order valence-electron chi connectivity index (χ3n) is 6.36. The van der Waals surface area contributed by atoms with Crippen molar-refractivity contribution in [2.45, 2.75) is 63.4 Å². The Morgan fingerprint density at radius 1 is 1.26 bits per heavy atom. The fraction of sp³-hybridized carbons (Fsp3) is 0.789. The van der Waals surface area contributed by atoms with E-state index in [1.807, 2.05) is 0 Å². The molecule has 6 atom stereocenters. The van der Waals surface area contributed by atoms with Crippen LogP contribution in [-0.4, -0.2) is 37.1 Å². The maximum absolute atomic E-state index is 13.8. The van der Waals surface area contributed by atoms with Gasteiger partial charge in [-0.25, -0.2) is 9.78 Å². The normalized spacial score (nSPS) is 43.6. The number of ether oxygens (including phenoxy) is 3. The third kappa shape index (κ3) is 2.87. The Kier molecular flexibility index (Phi) is 4.50. The van der Waals surface area contributed by atoms with Gasteiger partial charge in [0.1, 0.15) is 6.61 Å². The van der Waals surface area contributed by atoms with E-state index >= 15 is 0 Å². The van der Waals surface area contributed by atoms with E-state index in [-0.39, 0.29) is 30.6 Å². The molecule has 5 nitrogen and oxygen atoms in total. The molecule has 5 aliphatic rings. The molecule has 0 aromatic carbocycles. The Morgan fingerprint density at radius 3 is 2.74 bits per heavy atom. The molecule has 1 saturated carbocycles. The maximum Gasteiger partial charge on any atom is 0.449 e. The van der Waals surface area contributed by atoms with E-state index in [0.29, 0.717) is 12.8 Å². The lowest BCUT2D eigenvalue weighted by molar-refractivity contribution is -0.557. The summed E-state index contributed by atoms with van der Waals surface area (Å²) in [6.45, 7) is 3.42. The molecule has 0 amide bonds. The smallest absolute Gasteiger partial charge is 0.449 e. The Balaban J connectivity index is 1.82. The number of fused-ring (bicyclic) bond motifs is 2. The van der Waals surface area contributed by atoms with Crippen molar-refractivity contribution in [2.24, 2.45) is 17.8 Å². The van der Waals surface area contributed by atoms with E-state index in [9.17, 15) is 13.2 Å². The summed E-state index contributed by atoms with van der Waals surface area (Å²) in [5.41, 5.74) is -1.08. The molecule has 3 saturated heterocycles. The van der Waals surface area contributed by atoms with Gasteiger partial charge in [0, 0.05) is 23.8 Å². The lowest BCUT2D eigenvalue weighted by atomic mass is 9.59. The largest absolute Gasteiger partial charge is 0.456 e. The highest BCUT2D eigenvalue weighted by atomic mass is 19.4. The number of allylic oxidation sites excluding steroid dienone is 1. The highest BCUT2D eigenvalue weighted by Crippen LogP contribution is 2.61. The first kappa shape index (κ1) is 19.1. The zero-order valence-electron chi connectivity index (χ0n) is 15.3. The molecule has 4 fully saturated rings. The number of alkyl halides is 3. The second-order valence-corrected chi connectivity index (χ2v) is 8.02. The SMILES string of the molecule is C#CCOCC1=C(C(F)(F)F)O[C@@H]2O[C@]3(C)CCC4[C@H](C)CC[C@@H]1[C@]42OO3. The van der Waals surface area contributed by atoms with Gasteiger partial charge in [-0.1, -0.05) is 12.8 Å². The van der Waals surface area contributed by atoms with Crippen molar-refractivity contribution in [3.8, 4) is 12.3 Å². The highest BCUT2D eigenvalue weighted by molar-refractivity contribution is 5.28. The minimum Gasteiger partial charge on any atom is -0.456 e. The topological polar surface area (TPSA) is 46.2 Å². The van der Waals surface area contributed by atoms with Crippen LogP contribution < -0.4 is 0 Å². The van der Waals surface area contributed by atoms with Gasteiger partial charge >= 0.3 is 6.18 Å². The summed E-state index contributed by atoms with van der Waals surface area (Å²) in [6.07, 6.45) is 1.89. The molecule has 2 bridgehead atoms. The highest BCUT2D eigenvalue weighted by Gasteiger charge is 2.70. The molecule has 4 aliphatic heterocycles. The van der Waals surface area contributed by atoms with Crippen LogP contribution in [0.3, 0.4) is 0 Å². The van der Waals surface area contributed by atoms with Crippen LogP contribution in [-0.2, 0) is 24.0 Å². The predicted octanol–water partition coefficient (Wildman–Crippen LogP) is 3.70. The zero-order chi connectivity index (χ0) is 19.4. The first-order valence-electron chi connectivity index (χ1n) is 9.24. The molecule has 0 aromatic heterocycles. The minimum atomic E-state index is -4.66. The summed E-state index contributed by atoms with van der Waals surface area (Å²) >= 11 is 0. The first-order valence-corrected chi connectivity index (χ1v) is 9.24. The van der Waals surface area contributed by atoms with Gasteiger partial charge < -0.3 is 14.2 Å². The lowest BCUT2D eigenvalue weighted by Crippen LogP contribution is -2.67. The fourth-order valence-electron chi connectivity index (χ4n) is 5.12. The second kappa shape index (κ2) is 6.38. The van der Waals surface area contributed by atoms with E-state index in [2.05, 4.69) is 12.8 Å². The maximum atomic E-state index is 13.8. The van der Waals surface area contributed by atoms with Gasteiger partial charge in [-0.2, -0.15) is 13.2 Å². The van der Waals surface area contributed by atoms with E-state index in [0.717, 1.165) is 12.8 Å². The molecule has 8 heteroatoms. The van der Waals surface area contributed by atoms with Gasteiger partial charge in [-0.05, 0) is 32.1 Å². The molecule has 1 unspecified atom stereocenters.